The maximum Gasteiger partial charge on any atom is -0.0227 e. The molecule has 0 spiro atoms. The lowest BCUT2D eigenvalue weighted by molar-refractivity contribution is 0.383. The van der Waals surface area contributed by atoms with Crippen LogP contribution in [0.15, 0.2) is 12.1 Å². The lowest BCUT2D eigenvalue weighted by Gasteiger charge is -2.30. The van der Waals surface area contributed by atoms with Gasteiger partial charge in [0.15, 0.2) is 0 Å². The topological polar surface area (TPSA) is 0 Å². The van der Waals surface area contributed by atoms with E-state index in [4.69, 9.17) is 0 Å². The van der Waals surface area contributed by atoms with Gasteiger partial charge in [-0.05, 0) is 69.6 Å². The van der Waals surface area contributed by atoms with Crippen molar-refractivity contribution in [1.82, 2.24) is 0 Å². The first-order chi connectivity index (χ1) is 11.3. The normalized spacial score (nSPS) is 14.0. The molecule has 0 unspecified atom stereocenters. The van der Waals surface area contributed by atoms with E-state index in [0.717, 1.165) is 25.7 Å². The number of benzene rings is 1. The minimum Gasteiger partial charge on any atom is -0.0599 e. The van der Waals surface area contributed by atoms with Crippen LogP contribution in [0.1, 0.15) is 105 Å². The van der Waals surface area contributed by atoms with Crippen molar-refractivity contribution in [2.24, 2.45) is 21.7 Å². The Morgan fingerprint density at radius 3 is 0.654 bits per heavy atom. The van der Waals surface area contributed by atoms with Crippen LogP contribution in [0.4, 0.5) is 0 Å². The largest absolute Gasteiger partial charge is 0.0599 e. The maximum atomic E-state index is 2.57. The third-order valence-electron chi connectivity index (χ3n) is 4.40. The summed E-state index contributed by atoms with van der Waals surface area (Å²) in [6, 6.07) is 5.14. The van der Waals surface area contributed by atoms with Crippen LogP contribution >= 0.6 is 0 Å². The average Bonchev–Trinajstić information content (AvgIpc) is 2.26. The lowest BCUT2D eigenvalue weighted by atomic mass is 9.76. The molecule has 0 saturated carbocycles. The van der Waals surface area contributed by atoms with Crippen LogP contribution in [0.2, 0.25) is 0 Å². The van der Waals surface area contributed by atoms with Crippen molar-refractivity contribution < 1.29 is 0 Å². The molecule has 0 radical (unpaired) electrons. The van der Waals surface area contributed by atoms with Crippen molar-refractivity contribution >= 4 is 0 Å². The molecule has 150 valence electrons. The summed E-state index contributed by atoms with van der Waals surface area (Å²) in [7, 11) is 0. The van der Waals surface area contributed by atoms with Gasteiger partial charge in [0.05, 0.1) is 0 Å². The molecule has 0 nitrogen and oxygen atoms in total. The van der Waals surface area contributed by atoms with Gasteiger partial charge in [-0.1, -0.05) is 95.2 Å². The third kappa shape index (κ3) is 9.24. The highest BCUT2D eigenvalue weighted by Gasteiger charge is 2.24. The van der Waals surface area contributed by atoms with E-state index in [1.807, 2.05) is 0 Å². The molecule has 0 N–H and O–H groups in total. The summed E-state index contributed by atoms with van der Waals surface area (Å²) >= 11 is 0. The van der Waals surface area contributed by atoms with E-state index in [2.05, 4.69) is 95.2 Å². The highest BCUT2D eigenvalue weighted by Crippen LogP contribution is 2.34. The Hall–Kier alpha value is -0.780. The van der Waals surface area contributed by atoms with Crippen LogP contribution in [-0.2, 0) is 25.7 Å². The molecule has 0 aliphatic rings. The smallest absolute Gasteiger partial charge is 0.0227 e. The summed E-state index contributed by atoms with van der Waals surface area (Å²) in [6.45, 7) is 28.3. The molecule has 0 bridgehead atoms. The molecule has 0 atom stereocenters. The Morgan fingerprint density at radius 2 is 0.538 bits per heavy atom. The quantitative estimate of drug-likeness (QED) is 0.511. The molecular formula is C26H46. The van der Waals surface area contributed by atoms with E-state index in [1.165, 1.54) is 0 Å². The first-order valence-corrected chi connectivity index (χ1v) is 10.5. The first-order valence-electron chi connectivity index (χ1n) is 10.5. The van der Waals surface area contributed by atoms with Gasteiger partial charge in [-0.25, -0.2) is 0 Å². The van der Waals surface area contributed by atoms with Crippen molar-refractivity contribution in [3.05, 3.63) is 34.4 Å². The Balaban J connectivity index is 3.53. The Labute approximate surface area is 165 Å². The van der Waals surface area contributed by atoms with Gasteiger partial charge in [0.2, 0.25) is 0 Å². The van der Waals surface area contributed by atoms with E-state index >= 15 is 0 Å². The van der Waals surface area contributed by atoms with E-state index in [1.54, 1.807) is 22.3 Å². The van der Waals surface area contributed by atoms with Crippen LogP contribution < -0.4 is 0 Å². The first kappa shape index (κ1) is 23.3. The predicted octanol–water partition coefficient (Wildman–Crippen LogP) is 8.04. The second-order valence-electron chi connectivity index (χ2n) is 13.3. The standard InChI is InChI=1S/C26H46/c1-23(2,3)15-19-13-21(17-25(7,8)9)22(18-26(10,11)12)14-20(19)16-24(4,5)6/h13-14H,15-18H2,1-12H3. The van der Waals surface area contributed by atoms with Gasteiger partial charge < -0.3 is 0 Å². The van der Waals surface area contributed by atoms with Crippen LogP contribution in [-0.4, -0.2) is 0 Å². The fourth-order valence-corrected chi connectivity index (χ4v) is 3.74. The molecule has 0 heteroatoms. The fourth-order valence-electron chi connectivity index (χ4n) is 3.74. The molecule has 0 saturated heterocycles. The van der Waals surface area contributed by atoms with Crippen molar-refractivity contribution in [3.8, 4) is 0 Å². The van der Waals surface area contributed by atoms with E-state index in [0.29, 0.717) is 21.7 Å². The molecule has 0 aromatic heterocycles. The number of hydrogen-bond acceptors (Lipinski definition) is 0. The molecular weight excluding hydrogens is 312 g/mol. The lowest BCUT2D eigenvalue weighted by Crippen LogP contribution is -2.20. The molecule has 26 heavy (non-hydrogen) atoms. The predicted molar refractivity (Wildman–Crippen MR) is 119 cm³/mol. The van der Waals surface area contributed by atoms with Gasteiger partial charge in [0, 0.05) is 0 Å². The van der Waals surface area contributed by atoms with Crippen LogP contribution in [0.5, 0.6) is 0 Å². The van der Waals surface area contributed by atoms with E-state index in [9.17, 15) is 0 Å². The zero-order valence-electron chi connectivity index (χ0n) is 20.0. The van der Waals surface area contributed by atoms with Crippen molar-refractivity contribution in [3.63, 3.8) is 0 Å². The van der Waals surface area contributed by atoms with Crippen molar-refractivity contribution in [2.75, 3.05) is 0 Å². The molecule has 0 amide bonds. The minimum atomic E-state index is 0.317. The zero-order chi connectivity index (χ0) is 20.6. The highest BCUT2D eigenvalue weighted by atomic mass is 14.3. The van der Waals surface area contributed by atoms with Crippen LogP contribution in [0, 0.1) is 21.7 Å². The summed E-state index contributed by atoms with van der Waals surface area (Å²) in [6.07, 6.45) is 4.63. The van der Waals surface area contributed by atoms with Gasteiger partial charge in [-0.2, -0.15) is 0 Å². The SMILES string of the molecule is CC(C)(C)Cc1cc(CC(C)(C)C)c(CC(C)(C)C)cc1CC(C)(C)C. The molecule has 0 heterocycles. The molecule has 1 rings (SSSR count). The van der Waals surface area contributed by atoms with Crippen molar-refractivity contribution in [2.45, 2.75) is 109 Å². The highest BCUT2D eigenvalue weighted by molar-refractivity contribution is 5.41. The van der Waals surface area contributed by atoms with Gasteiger partial charge >= 0.3 is 0 Å². The van der Waals surface area contributed by atoms with Gasteiger partial charge in [0.25, 0.3) is 0 Å². The van der Waals surface area contributed by atoms with Crippen LogP contribution in [0.25, 0.3) is 0 Å². The minimum absolute atomic E-state index is 0.317. The third-order valence-corrected chi connectivity index (χ3v) is 4.40. The second kappa shape index (κ2) is 7.69. The van der Waals surface area contributed by atoms with E-state index < -0.39 is 0 Å². The van der Waals surface area contributed by atoms with E-state index in [-0.39, 0.29) is 0 Å². The van der Waals surface area contributed by atoms with Crippen molar-refractivity contribution in [1.29, 1.82) is 0 Å². The summed E-state index contributed by atoms with van der Waals surface area (Å²) in [5.41, 5.74) is 7.56. The Kier molecular flexibility index (Phi) is 6.88. The molecule has 0 aliphatic carbocycles. The average molecular weight is 359 g/mol. The molecule has 0 fully saturated rings. The monoisotopic (exact) mass is 358 g/mol. The van der Waals surface area contributed by atoms with Gasteiger partial charge in [-0.15, -0.1) is 0 Å². The number of rotatable bonds is 4. The summed E-state index contributed by atoms with van der Waals surface area (Å²) in [5, 5.41) is 0. The van der Waals surface area contributed by atoms with Gasteiger partial charge in [-0.3, -0.25) is 0 Å². The second-order valence-corrected chi connectivity index (χ2v) is 13.3. The Bertz CT molecular complexity index is 483. The molecule has 1 aromatic carbocycles. The summed E-state index contributed by atoms with van der Waals surface area (Å²) in [5.74, 6) is 0. The molecule has 1 aromatic rings. The fraction of sp³-hybridized carbons (Fsp3) is 0.769. The summed E-state index contributed by atoms with van der Waals surface area (Å²) in [4.78, 5) is 0. The maximum absolute atomic E-state index is 2.57. The molecule has 0 aliphatic heterocycles. The number of hydrogen-bond donors (Lipinski definition) is 0. The Morgan fingerprint density at radius 1 is 0.385 bits per heavy atom. The summed E-state index contributed by atoms with van der Waals surface area (Å²) < 4.78 is 0. The zero-order valence-corrected chi connectivity index (χ0v) is 20.0. The van der Waals surface area contributed by atoms with Crippen LogP contribution in [0.3, 0.4) is 0 Å². The van der Waals surface area contributed by atoms with Gasteiger partial charge in [0.1, 0.15) is 0 Å².